The topological polar surface area (TPSA) is 111 Å². The molecule has 2 amide bonds. The summed E-state index contributed by atoms with van der Waals surface area (Å²) in [4.78, 5) is 27.9. The quantitative estimate of drug-likeness (QED) is 0.287. The van der Waals surface area contributed by atoms with Crippen LogP contribution < -0.4 is 4.90 Å². The Morgan fingerprint density at radius 1 is 1.18 bits per heavy atom. The van der Waals surface area contributed by atoms with Gasteiger partial charge in [0.1, 0.15) is 11.6 Å². The molecule has 0 N–H and O–H groups in total. The fraction of sp³-hybridized carbons (Fsp3) is 0.640. The Kier molecular flexibility index (Phi) is 7.49. The lowest BCUT2D eigenvalue weighted by atomic mass is 10.1. The molecule has 2 aliphatic heterocycles. The number of anilines is 1. The molecule has 0 spiro atoms. The molecule has 40 heavy (non-hydrogen) atoms. The summed E-state index contributed by atoms with van der Waals surface area (Å²) in [6, 6.07) is 0.452. The van der Waals surface area contributed by atoms with Gasteiger partial charge in [-0.15, -0.1) is 0 Å². The Bertz CT molecular complexity index is 1330. The summed E-state index contributed by atoms with van der Waals surface area (Å²) in [7, 11) is -4.82. The molecule has 2 atom stereocenters. The fourth-order valence-corrected chi connectivity index (χ4v) is 6.79. The summed E-state index contributed by atoms with van der Waals surface area (Å²) in [6.45, 7) is 2.99. The number of hydrogen-bond donors (Lipinski definition) is 0. The SMILES string of the molecule is CC(C)(C)OC(=O)N1C[C@H](S(=O)(=O)c2ccc(N3CCC(F)(F)C3)cc2C(F)(F)F)C[C@H]1C(=O)N(C#N)C1CC1. The van der Waals surface area contributed by atoms with Crippen LogP contribution in [0.4, 0.5) is 32.4 Å². The van der Waals surface area contributed by atoms with Gasteiger partial charge in [-0.25, -0.2) is 26.9 Å². The van der Waals surface area contributed by atoms with E-state index < -0.39 is 93.3 Å². The number of nitriles is 1. The zero-order chi connectivity index (χ0) is 29.8. The second-order valence-corrected chi connectivity index (χ2v) is 13.5. The van der Waals surface area contributed by atoms with E-state index in [1.54, 1.807) is 27.0 Å². The van der Waals surface area contributed by atoms with Crippen molar-refractivity contribution in [1.82, 2.24) is 9.80 Å². The second kappa shape index (κ2) is 10.0. The molecule has 1 aromatic carbocycles. The Morgan fingerprint density at radius 3 is 2.33 bits per heavy atom. The summed E-state index contributed by atoms with van der Waals surface area (Å²) >= 11 is 0. The molecule has 1 aliphatic carbocycles. The van der Waals surface area contributed by atoms with E-state index in [2.05, 4.69) is 0 Å². The lowest BCUT2D eigenvalue weighted by molar-refractivity contribution is -0.139. The van der Waals surface area contributed by atoms with Gasteiger partial charge in [-0.2, -0.15) is 18.4 Å². The third-order valence-electron chi connectivity index (χ3n) is 6.98. The van der Waals surface area contributed by atoms with E-state index in [9.17, 15) is 45.2 Å². The molecule has 0 unspecified atom stereocenters. The largest absolute Gasteiger partial charge is 0.444 e. The number of alkyl halides is 5. The molecule has 3 aliphatic rings. The summed E-state index contributed by atoms with van der Waals surface area (Å²) in [6.07, 6.45) is -4.45. The van der Waals surface area contributed by atoms with E-state index in [0.717, 1.165) is 26.8 Å². The number of likely N-dealkylation sites (tertiary alicyclic amines) is 1. The molecule has 0 aromatic heterocycles. The molecule has 2 saturated heterocycles. The second-order valence-electron chi connectivity index (χ2n) is 11.3. The zero-order valence-electron chi connectivity index (χ0n) is 22.0. The third kappa shape index (κ3) is 6.11. The van der Waals surface area contributed by atoms with E-state index in [1.807, 2.05) is 0 Å². The summed E-state index contributed by atoms with van der Waals surface area (Å²) in [5, 5.41) is 7.85. The minimum atomic E-state index is -5.15. The maximum Gasteiger partial charge on any atom is 0.417 e. The number of carbonyl (C=O) groups is 2. The van der Waals surface area contributed by atoms with E-state index in [1.165, 1.54) is 0 Å². The predicted octanol–water partition coefficient (Wildman–Crippen LogP) is 4.17. The lowest BCUT2D eigenvalue weighted by Crippen LogP contribution is -2.48. The zero-order valence-corrected chi connectivity index (χ0v) is 22.9. The van der Waals surface area contributed by atoms with Gasteiger partial charge in [0.15, 0.2) is 16.0 Å². The number of nitrogens with zero attached hydrogens (tertiary/aromatic N) is 4. The van der Waals surface area contributed by atoms with Crippen molar-refractivity contribution in [3.8, 4) is 6.19 Å². The standard InChI is InChI=1S/C25H29F5N4O5S/c1-23(2,3)39-22(36)33-12-17(11-19(33)21(35)34(14-31)15-4-5-15)40(37,38)20-7-6-16(10-18(20)25(28,29)30)32-9-8-24(26,27)13-32/h6-7,10,15,17,19H,4-5,8-9,11-13H2,1-3H3/t17-,19+/m1/s1. The van der Waals surface area contributed by atoms with Crippen molar-refractivity contribution in [3.63, 3.8) is 0 Å². The van der Waals surface area contributed by atoms with Crippen LogP contribution in [0.1, 0.15) is 52.0 Å². The maximum atomic E-state index is 14.1. The molecule has 15 heteroatoms. The first-order valence-electron chi connectivity index (χ1n) is 12.6. The number of hydrogen-bond acceptors (Lipinski definition) is 7. The Labute approximate surface area is 228 Å². The monoisotopic (exact) mass is 592 g/mol. The van der Waals surface area contributed by atoms with Crippen molar-refractivity contribution in [2.45, 2.75) is 86.4 Å². The van der Waals surface area contributed by atoms with E-state index in [-0.39, 0.29) is 12.2 Å². The highest BCUT2D eigenvalue weighted by molar-refractivity contribution is 7.92. The summed E-state index contributed by atoms with van der Waals surface area (Å²) in [5.41, 5.74) is -2.76. The third-order valence-corrected chi connectivity index (χ3v) is 9.17. The van der Waals surface area contributed by atoms with Crippen molar-refractivity contribution in [1.29, 1.82) is 5.26 Å². The number of benzene rings is 1. The average molecular weight is 593 g/mol. The van der Waals surface area contributed by atoms with Crippen LogP contribution >= 0.6 is 0 Å². The van der Waals surface area contributed by atoms with Crippen LogP contribution in [0.5, 0.6) is 0 Å². The molecular formula is C25H29F5N4O5S. The molecule has 0 bridgehead atoms. The lowest BCUT2D eigenvalue weighted by Gasteiger charge is -2.29. The fourth-order valence-electron chi connectivity index (χ4n) is 4.90. The van der Waals surface area contributed by atoms with Crippen LogP contribution in [0.2, 0.25) is 0 Å². The highest BCUT2D eigenvalue weighted by Gasteiger charge is 2.51. The molecule has 4 rings (SSSR count). The molecule has 220 valence electrons. The van der Waals surface area contributed by atoms with Gasteiger partial charge in [0.05, 0.1) is 22.3 Å². The highest BCUT2D eigenvalue weighted by atomic mass is 32.2. The van der Waals surface area contributed by atoms with Crippen LogP contribution in [-0.2, 0) is 25.5 Å². The van der Waals surface area contributed by atoms with Gasteiger partial charge in [0.25, 0.3) is 11.8 Å². The molecule has 3 fully saturated rings. The van der Waals surface area contributed by atoms with Crippen molar-refractivity contribution >= 4 is 27.5 Å². The Balaban J connectivity index is 1.70. The van der Waals surface area contributed by atoms with E-state index >= 15 is 0 Å². The number of sulfone groups is 1. The first kappa shape index (κ1) is 29.8. The van der Waals surface area contributed by atoms with E-state index in [0.29, 0.717) is 18.9 Å². The first-order valence-corrected chi connectivity index (χ1v) is 14.2. The molecule has 0 radical (unpaired) electrons. The molecule has 1 saturated carbocycles. The number of halogens is 5. The maximum absolute atomic E-state index is 14.1. The van der Waals surface area contributed by atoms with Gasteiger partial charge < -0.3 is 9.64 Å². The van der Waals surface area contributed by atoms with Crippen molar-refractivity contribution in [2.24, 2.45) is 0 Å². The minimum absolute atomic E-state index is 0.201. The molecule has 1 aromatic rings. The first-order chi connectivity index (χ1) is 18.3. The van der Waals surface area contributed by atoms with Crippen molar-refractivity contribution in [2.75, 3.05) is 24.5 Å². The van der Waals surface area contributed by atoms with Gasteiger partial charge in [-0.3, -0.25) is 9.69 Å². The van der Waals surface area contributed by atoms with Crippen LogP contribution in [-0.4, -0.2) is 78.7 Å². The highest BCUT2D eigenvalue weighted by Crippen LogP contribution is 2.41. The number of amides is 2. The van der Waals surface area contributed by atoms with Crippen LogP contribution in [0.3, 0.4) is 0 Å². The number of rotatable bonds is 5. The summed E-state index contributed by atoms with van der Waals surface area (Å²) < 4.78 is 102. The summed E-state index contributed by atoms with van der Waals surface area (Å²) in [5.74, 6) is -3.92. The smallest absolute Gasteiger partial charge is 0.417 e. The Morgan fingerprint density at radius 2 is 1.82 bits per heavy atom. The van der Waals surface area contributed by atoms with Crippen molar-refractivity contribution in [3.05, 3.63) is 23.8 Å². The number of ether oxygens (including phenoxy) is 1. The van der Waals surface area contributed by atoms with Gasteiger partial charge in [0.2, 0.25) is 0 Å². The van der Waals surface area contributed by atoms with Gasteiger partial charge >= 0.3 is 12.3 Å². The molecule has 9 nitrogen and oxygen atoms in total. The minimum Gasteiger partial charge on any atom is -0.444 e. The van der Waals surface area contributed by atoms with E-state index in [4.69, 9.17) is 4.74 Å². The number of carbonyl (C=O) groups excluding carboxylic acids is 2. The van der Waals surface area contributed by atoms with Crippen LogP contribution in [0, 0.1) is 11.5 Å². The predicted molar refractivity (Wildman–Crippen MR) is 131 cm³/mol. The average Bonchev–Trinajstić information content (AvgIpc) is 3.43. The molecular weight excluding hydrogens is 563 g/mol. The van der Waals surface area contributed by atoms with Crippen LogP contribution in [0.25, 0.3) is 0 Å². The van der Waals surface area contributed by atoms with Crippen LogP contribution in [0.15, 0.2) is 23.1 Å². The Hall–Kier alpha value is -3.15. The van der Waals surface area contributed by atoms with Gasteiger partial charge in [-0.1, -0.05) is 0 Å². The normalized spacial score (nSPS) is 23.2. The molecule has 2 heterocycles. The van der Waals surface area contributed by atoms with Crippen molar-refractivity contribution < 1.29 is 44.7 Å². The van der Waals surface area contributed by atoms with Gasteiger partial charge in [0, 0.05) is 31.2 Å². The van der Waals surface area contributed by atoms with Gasteiger partial charge in [-0.05, 0) is 58.2 Å².